The highest BCUT2D eigenvalue weighted by molar-refractivity contribution is 5.94. The van der Waals surface area contributed by atoms with Crippen LogP contribution in [0, 0.1) is 0 Å². The highest BCUT2D eigenvalue weighted by Gasteiger charge is 2.09. The van der Waals surface area contributed by atoms with Gasteiger partial charge < -0.3 is 9.94 Å². The topological polar surface area (TPSA) is 90.1 Å². The Labute approximate surface area is 142 Å². The number of hydrogen-bond acceptors (Lipinski definition) is 5. The van der Waals surface area contributed by atoms with Crippen LogP contribution < -0.4 is 4.84 Å². The van der Waals surface area contributed by atoms with Gasteiger partial charge in [0, 0.05) is 11.6 Å². The Morgan fingerprint density at radius 1 is 1.04 bits per heavy atom. The number of nitrogens with zero attached hydrogens (tertiary/aromatic N) is 4. The van der Waals surface area contributed by atoms with E-state index in [-0.39, 0.29) is 5.69 Å². The lowest BCUT2D eigenvalue weighted by Crippen LogP contribution is -2.05. The van der Waals surface area contributed by atoms with Gasteiger partial charge in [-0.2, -0.15) is 0 Å². The minimum atomic E-state index is -1.16. The van der Waals surface area contributed by atoms with Crippen LogP contribution in [-0.4, -0.2) is 31.2 Å². The van der Waals surface area contributed by atoms with Crippen molar-refractivity contribution in [2.45, 2.75) is 0 Å². The Bertz CT molecular complexity index is 1050. The number of rotatable bonds is 4. The molecule has 2 heterocycles. The SMILES string of the molecule is O=C(O)c1cn(Oc2ccc(-c3ccnc4ccccc34)cc2)nn1. The summed E-state index contributed by atoms with van der Waals surface area (Å²) in [6.07, 6.45) is 2.98. The molecular weight excluding hydrogens is 320 g/mol. The minimum absolute atomic E-state index is 0.181. The number of carboxylic acids is 1. The van der Waals surface area contributed by atoms with Gasteiger partial charge in [-0.15, -0.1) is 5.10 Å². The van der Waals surface area contributed by atoms with Crippen molar-refractivity contribution >= 4 is 16.9 Å². The van der Waals surface area contributed by atoms with E-state index in [0.29, 0.717) is 5.75 Å². The van der Waals surface area contributed by atoms with Crippen molar-refractivity contribution in [3.05, 3.63) is 72.7 Å². The van der Waals surface area contributed by atoms with Gasteiger partial charge in [-0.1, -0.05) is 35.2 Å². The molecule has 0 atom stereocenters. The smallest absolute Gasteiger partial charge is 0.358 e. The van der Waals surface area contributed by atoms with Gasteiger partial charge in [0.15, 0.2) is 11.4 Å². The molecule has 122 valence electrons. The molecule has 25 heavy (non-hydrogen) atoms. The molecule has 2 aromatic carbocycles. The van der Waals surface area contributed by atoms with Gasteiger partial charge in [0.05, 0.1) is 5.52 Å². The van der Waals surface area contributed by atoms with Crippen LogP contribution in [0.15, 0.2) is 67.0 Å². The molecule has 7 nitrogen and oxygen atoms in total. The van der Waals surface area contributed by atoms with Gasteiger partial charge in [0.1, 0.15) is 6.20 Å². The van der Waals surface area contributed by atoms with Gasteiger partial charge in [-0.3, -0.25) is 4.98 Å². The van der Waals surface area contributed by atoms with Gasteiger partial charge in [-0.25, -0.2) is 4.79 Å². The monoisotopic (exact) mass is 332 g/mol. The first-order chi connectivity index (χ1) is 12.2. The predicted octanol–water partition coefficient (Wildman–Crippen LogP) is 3.03. The summed E-state index contributed by atoms with van der Waals surface area (Å²) in [5.74, 6) is -0.640. The maximum absolute atomic E-state index is 10.8. The highest BCUT2D eigenvalue weighted by atomic mass is 16.7. The molecule has 0 aliphatic rings. The van der Waals surface area contributed by atoms with Crippen molar-refractivity contribution in [3.8, 4) is 16.9 Å². The third kappa shape index (κ3) is 2.90. The first-order valence-electron chi connectivity index (χ1n) is 7.49. The number of benzene rings is 2. The average molecular weight is 332 g/mol. The van der Waals surface area contributed by atoms with Crippen LogP contribution >= 0.6 is 0 Å². The fraction of sp³-hybridized carbons (Fsp3) is 0. The van der Waals surface area contributed by atoms with E-state index in [9.17, 15) is 4.79 Å². The Morgan fingerprint density at radius 3 is 2.60 bits per heavy atom. The number of para-hydroxylation sites is 1. The molecule has 0 spiro atoms. The van der Waals surface area contributed by atoms with Crippen LogP contribution in [0.25, 0.3) is 22.0 Å². The molecule has 0 saturated heterocycles. The largest absolute Gasteiger partial charge is 0.476 e. The summed E-state index contributed by atoms with van der Waals surface area (Å²) in [4.78, 5) is 21.6. The summed E-state index contributed by atoms with van der Waals surface area (Å²) < 4.78 is 0. The Balaban J connectivity index is 1.62. The first-order valence-corrected chi connectivity index (χ1v) is 7.49. The molecular formula is C18H12N4O3. The second kappa shape index (κ2) is 6.04. The quantitative estimate of drug-likeness (QED) is 0.618. The molecule has 4 rings (SSSR count). The molecule has 2 aromatic heterocycles. The van der Waals surface area contributed by atoms with Crippen LogP contribution in [0.3, 0.4) is 0 Å². The van der Waals surface area contributed by atoms with Gasteiger partial charge in [-0.05, 0) is 40.6 Å². The Hall–Kier alpha value is -3.74. The molecule has 0 aliphatic heterocycles. The summed E-state index contributed by atoms with van der Waals surface area (Å²) in [7, 11) is 0. The zero-order valence-electron chi connectivity index (χ0n) is 12.9. The molecule has 4 aromatic rings. The highest BCUT2D eigenvalue weighted by Crippen LogP contribution is 2.28. The number of carboxylic acid groups (broad SMARTS) is 1. The minimum Gasteiger partial charge on any atom is -0.476 e. The summed E-state index contributed by atoms with van der Waals surface area (Å²) in [5, 5.41) is 17.0. The number of carbonyl (C=O) groups is 1. The predicted molar refractivity (Wildman–Crippen MR) is 90.2 cm³/mol. The maximum Gasteiger partial charge on any atom is 0.358 e. The van der Waals surface area contributed by atoms with Crippen molar-refractivity contribution in [2.24, 2.45) is 0 Å². The molecule has 7 heteroatoms. The summed E-state index contributed by atoms with van der Waals surface area (Å²) in [6.45, 7) is 0. The van der Waals surface area contributed by atoms with Crippen LogP contribution in [0.1, 0.15) is 10.5 Å². The average Bonchev–Trinajstić information content (AvgIpc) is 3.11. The van der Waals surface area contributed by atoms with E-state index in [0.717, 1.165) is 26.9 Å². The van der Waals surface area contributed by atoms with Crippen molar-refractivity contribution in [3.63, 3.8) is 0 Å². The van der Waals surface area contributed by atoms with Crippen molar-refractivity contribution in [1.29, 1.82) is 0 Å². The number of fused-ring (bicyclic) bond motifs is 1. The van der Waals surface area contributed by atoms with Gasteiger partial charge >= 0.3 is 5.97 Å². The van der Waals surface area contributed by atoms with Gasteiger partial charge in [0.2, 0.25) is 0 Å². The summed E-state index contributed by atoms with van der Waals surface area (Å²) in [6, 6.07) is 17.3. The summed E-state index contributed by atoms with van der Waals surface area (Å²) >= 11 is 0. The van der Waals surface area contributed by atoms with Gasteiger partial charge in [0.25, 0.3) is 0 Å². The van der Waals surface area contributed by atoms with E-state index >= 15 is 0 Å². The maximum atomic E-state index is 10.8. The first kappa shape index (κ1) is 14.8. The fourth-order valence-electron chi connectivity index (χ4n) is 2.54. The Kier molecular flexibility index (Phi) is 3.59. The number of aromatic carboxylic acids is 1. The van der Waals surface area contributed by atoms with E-state index in [1.165, 1.54) is 6.20 Å². The summed E-state index contributed by atoms with van der Waals surface area (Å²) in [5.41, 5.74) is 2.85. The molecule has 0 amide bonds. The van der Waals surface area contributed by atoms with E-state index in [1.807, 2.05) is 42.5 Å². The number of pyridine rings is 1. The molecule has 0 radical (unpaired) electrons. The van der Waals surface area contributed by atoms with E-state index < -0.39 is 5.97 Å². The van der Waals surface area contributed by atoms with E-state index in [1.54, 1.807) is 18.3 Å². The molecule has 0 saturated carbocycles. The third-order valence-electron chi connectivity index (χ3n) is 3.71. The molecule has 0 aliphatic carbocycles. The normalized spacial score (nSPS) is 10.7. The van der Waals surface area contributed by atoms with E-state index in [4.69, 9.17) is 9.94 Å². The molecule has 1 N–H and O–H groups in total. The van der Waals surface area contributed by atoms with Crippen LogP contribution in [0.2, 0.25) is 0 Å². The third-order valence-corrected chi connectivity index (χ3v) is 3.71. The lowest BCUT2D eigenvalue weighted by Gasteiger charge is -2.08. The lowest BCUT2D eigenvalue weighted by molar-refractivity contribution is 0.0690. The standard InChI is InChI=1S/C18H12N4O3/c23-18(24)17-11-22(21-20-17)25-13-7-5-12(6-8-13)14-9-10-19-16-4-2-1-3-15(14)16/h1-11H,(H,23,24). The molecule has 0 bridgehead atoms. The second-order valence-electron chi connectivity index (χ2n) is 5.30. The fourth-order valence-corrected chi connectivity index (χ4v) is 2.54. The van der Waals surface area contributed by atoms with Crippen molar-refractivity contribution < 1.29 is 14.7 Å². The van der Waals surface area contributed by atoms with Crippen LogP contribution in [0.5, 0.6) is 5.75 Å². The van der Waals surface area contributed by atoms with Crippen LogP contribution in [-0.2, 0) is 0 Å². The molecule has 0 unspecified atom stereocenters. The van der Waals surface area contributed by atoms with Crippen molar-refractivity contribution in [1.82, 2.24) is 20.1 Å². The zero-order valence-corrected chi connectivity index (χ0v) is 12.9. The van der Waals surface area contributed by atoms with E-state index in [2.05, 4.69) is 15.3 Å². The molecule has 0 fully saturated rings. The number of aromatic nitrogens is 4. The van der Waals surface area contributed by atoms with Crippen molar-refractivity contribution in [2.75, 3.05) is 0 Å². The number of hydrogen-bond donors (Lipinski definition) is 1. The second-order valence-corrected chi connectivity index (χ2v) is 5.30. The Morgan fingerprint density at radius 2 is 1.84 bits per heavy atom. The zero-order chi connectivity index (χ0) is 17.2. The van der Waals surface area contributed by atoms with Crippen LogP contribution in [0.4, 0.5) is 0 Å². The lowest BCUT2D eigenvalue weighted by atomic mass is 10.0.